The maximum atomic E-state index is 4.31. The molecule has 0 amide bonds. The van der Waals surface area contributed by atoms with Gasteiger partial charge in [0.1, 0.15) is 0 Å². The molecule has 20 heavy (non-hydrogen) atoms. The van der Waals surface area contributed by atoms with Crippen molar-refractivity contribution in [3.63, 3.8) is 0 Å². The van der Waals surface area contributed by atoms with E-state index >= 15 is 0 Å². The third-order valence-electron chi connectivity index (χ3n) is 4.66. The fourth-order valence-electron chi connectivity index (χ4n) is 3.54. The molecule has 1 N–H and O–H groups in total. The predicted octanol–water partition coefficient (Wildman–Crippen LogP) is 0.331. The maximum absolute atomic E-state index is 4.31. The van der Waals surface area contributed by atoms with Crippen LogP contribution in [-0.2, 0) is 13.5 Å². The smallest absolute Gasteiger partial charge is 0.0522 e. The van der Waals surface area contributed by atoms with Crippen LogP contribution < -0.4 is 5.32 Å². The molecule has 2 bridgehead atoms. The van der Waals surface area contributed by atoms with Crippen LogP contribution in [0.3, 0.4) is 0 Å². The van der Waals surface area contributed by atoms with Gasteiger partial charge in [0, 0.05) is 58.1 Å². The summed E-state index contributed by atoms with van der Waals surface area (Å²) in [4.78, 5) is 5.30. The lowest BCUT2D eigenvalue weighted by molar-refractivity contribution is -0.00309. The standard InChI is InChI=1S/C15H27N5/c1-3-4-16-14(9-13-10-17-18(2)11-13)15-12-19-5-7-20(15)8-6-19/h10-11,14-16H,3-9,12H2,1-2H3. The van der Waals surface area contributed by atoms with Crippen LogP contribution in [0.2, 0.25) is 0 Å². The molecule has 3 aliphatic heterocycles. The fourth-order valence-corrected chi connectivity index (χ4v) is 3.54. The summed E-state index contributed by atoms with van der Waals surface area (Å²) in [6, 6.07) is 1.20. The number of hydrogen-bond donors (Lipinski definition) is 1. The first kappa shape index (κ1) is 14.0. The van der Waals surface area contributed by atoms with Crippen LogP contribution in [-0.4, -0.2) is 70.9 Å². The van der Waals surface area contributed by atoms with Gasteiger partial charge in [-0.2, -0.15) is 5.10 Å². The lowest BCUT2D eigenvalue weighted by Crippen LogP contribution is -2.66. The van der Waals surface area contributed by atoms with Gasteiger partial charge in [-0.05, 0) is 24.9 Å². The predicted molar refractivity (Wildman–Crippen MR) is 80.8 cm³/mol. The number of aryl methyl sites for hydroxylation is 1. The molecule has 3 aliphatic rings. The van der Waals surface area contributed by atoms with Gasteiger partial charge in [0.15, 0.2) is 0 Å². The minimum atomic E-state index is 0.544. The Kier molecular flexibility index (Phi) is 4.38. The van der Waals surface area contributed by atoms with Crippen molar-refractivity contribution in [2.75, 3.05) is 39.3 Å². The van der Waals surface area contributed by atoms with Gasteiger partial charge in [0.2, 0.25) is 0 Å². The Hall–Kier alpha value is -0.910. The lowest BCUT2D eigenvalue weighted by atomic mass is 9.95. The molecule has 4 rings (SSSR count). The molecule has 5 nitrogen and oxygen atoms in total. The summed E-state index contributed by atoms with van der Waals surface area (Å²) in [5.41, 5.74) is 1.35. The Labute approximate surface area is 121 Å². The van der Waals surface area contributed by atoms with Crippen LogP contribution in [0.4, 0.5) is 0 Å². The summed E-state index contributed by atoms with van der Waals surface area (Å²) in [6.07, 6.45) is 6.44. The van der Waals surface area contributed by atoms with E-state index in [-0.39, 0.29) is 0 Å². The average molecular weight is 277 g/mol. The number of nitrogens with zero attached hydrogens (tertiary/aromatic N) is 4. The summed E-state index contributed by atoms with van der Waals surface area (Å²) in [7, 11) is 2.00. The average Bonchev–Trinajstić information content (AvgIpc) is 2.90. The third-order valence-corrected chi connectivity index (χ3v) is 4.66. The van der Waals surface area contributed by atoms with E-state index in [0.29, 0.717) is 12.1 Å². The van der Waals surface area contributed by atoms with Crippen LogP contribution in [0.5, 0.6) is 0 Å². The molecule has 0 saturated carbocycles. The van der Waals surface area contributed by atoms with Gasteiger partial charge in [-0.3, -0.25) is 14.5 Å². The summed E-state index contributed by atoms with van der Waals surface area (Å²) in [6.45, 7) is 9.56. The summed E-state index contributed by atoms with van der Waals surface area (Å²) in [5, 5.41) is 8.08. The number of fused-ring (bicyclic) bond motifs is 3. The van der Waals surface area contributed by atoms with Crippen LogP contribution in [0.25, 0.3) is 0 Å². The molecule has 2 unspecified atom stereocenters. The largest absolute Gasteiger partial charge is 0.312 e. The minimum Gasteiger partial charge on any atom is -0.312 e. The zero-order chi connectivity index (χ0) is 13.9. The number of aromatic nitrogens is 2. The highest BCUT2D eigenvalue weighted by atomic mass is 15.4. The van der Waals surface area contributed by atoms with Gasteiger partial charge in [-0.25, -0.2) is 0 Å². The first-order valence-electron chi connectivity index (χ1n) is 7.93. The van der Waals surface area contributed by atoms with E-state index in [4.69, 9.17) is 0 Å². The van der Waals surface area contributed by atoms with E-state index < -0.39 is 0 Å². The highest BCUT2D eigenvalue weighted by molar-refractivity contribution is 5.09. The van der Waals surface area contributed by atoms with Crippen molar-refractivity contribution < 1.29 is 0 Å². The van der Waals surface area contributed by atoms with E-state index in [1.54, 1.807) is 0 Å². The van der Waals surface area contributed by atoms with Crippen LogP contribution in [0, 0.1) is 0 Å². The molecule has 1 aromatic heterocycles. The highest BCUT2D eigenvalue weighted by Gasteiger charge is 2.36. The van der Waals surface area contributed by atoms with Gasteiger partial charge >= 0.3 is 0 Å². The monoisotopic (exact) mass is 277 g/mol. The molecular weight excluding hydrogens is 250 g/mol. The Morgan fingerprint density at radius 2 is 2.15 bits per heavy atom. The van der Waals surface area contributed by atoms with Gasteiger partial charge in [-0.1, -0.05) is 6.92 Å². The minimum absolute atomic E-state index is 0.544. The third kappa shape index (κ3) is 3.05. The van der Waals surface area contributed by atoms with Crippen molar-refractivity contribution in [2.45, 2.75) is 31.8 Å². The van der Waals surface area contributed by atoms with Crippen molar-refractivity contribution in [2.24, 2.45) is 7.05 Å². The number of nitrogens with one attached hydrogen (secondary N) is 1. The van der Waals surface area contributed by atoms with Gasteiger partial charge < -0.3 is 5.32 Å². The van der Waals surface area contributed by atoms with E-state index in [0.717, 1.165) is 13.0 Å². The van der Waals surface area contributed by atoms with Crippen molar-refractivity contribution >= 4 is 0 Å². The molecular formula is C15H27N5. The molecule has 0 radical (unpaired) electrons. The fraction of sp³-hybridized carbons (Fsp3) is 0.800. The second-order valence-electron chi connectivity index (χ2n) is 6.19. The molecule has 3 saturated heterocycles. The van der Waals surface area contributed by atoms with Gasteiger partial charge in [0.05, 0.1) is 6.20 Å². The van der Waals surface area contributed by atoms with E-state index in [1.807, 2.05) is 17.9 Å². The van der Waals surface area contributed by atoms with Crippen molar-refractivity contribution in [1.29, 1.82) is 0 Å². The first-order chi connectivity index (χ1) is 9.76. The molecule has 4 heterocycles. The molecule has 0 spiro atoms. The molecule has 2 atom stereocenters. The first-order valence-corrected chi connectivity index (χ1v) is 7.93. The van der Waals surface area contributed by atoms with Crippen LogP contribution in [0.15, 0.2) is 12.4 Å². The van der Waals surface area contributed by atoms with Gasteiger partial charge in [-0.15, -0.1) is 0 Å². The second-order valence-corrected chi connectivity index (χ2v) is 6.19. The Balaban J connectivity index is 1.68. The SMILES string of the molecule is CCCNC(Cc1cnn(C)c1)C1CN2CCN1CC2. The van der Waals surface area contributed by atoms with E-state index in [1.165, 1.54) is 44.7 Å². The number of piperazine rings is 3. The highest BCUT2D eigenvalue weighted by Crippen LogP contribution is 2.20. The quantitative estimate of drug-likeness (QED) is 0.813. The van der Waals surface area contributed by atoms with E-state index in [2.05, 4.69) is 33.3 Å². The molecule has 1 aromatic rings. The second kappa shape index (κ2) is 6.24. The molecule has 5 heteroatoms. The Bertz CT molecular complexity index is 422. The van der Waals surface area contributed by atoms with Gasteiger partial charge in [0.25, 0.3) is 0 Å². The molecule has 3 fully saturated rings. The Morgan fingerprint density at radius 1 is 1.35 bits per heavy atom. The van der Waals surface area contributed by atoms with Crippen LogP contribution in [0.1, 0.15) is 18.9 Å². The van der Waals surface area contributed by atoms with Crippen molar-refractivity contribution in [1.82, 2.24) is 24.9 Å². The zero-order valence-electron chi connectivity index (χ0n) is 12.8. The number of rotatable bonds is 6. The van der Waals surface area contributed by atoms with Crippen molar-refractivity contribution in [3.8, 4) is 0 Å². The summed E-state index contributed by atoms with van der Waals surface area (Å²) < 4.78 is 1.91. The summed E-state index contributed by atoms with van der Waals surface area (Å²) in [5.74, 6) is 0. The Morgan fingerprint density at radius 3 is 2.70 bits per heavy atom. The molecule has 0 aromatic carbocycles. The topological polar surface area (TPSA) is 36.3 Å². The molecule has 112 valence electrons. The maximum Gasteiger partial charge on any atom is 0.0522 e. The summed E-state index contributed by atoms with van der Waals surface area (Å²) >= 11 is 0. The molecule has 0 aliphatic carbocycles. The normalized spacial score (nSPS) is 30.6. The van der Waals surface area contributed by atoms with Crippen molar-refractivity contribution in [3.05, 3.63) is 18.0 Å². The lowest BCUT2D eigenvalue weighted by Gasteiger charge is -2.50. The number of hydrogen-bond acceptors (Lipinski definition) is 4. The van der Waals surface area contributed by atoms with E-state index in [9.17, 15) is 0 Å². The van der Waals surface area contributed by atoms with Crippen LogP contribution >= 0.6 is 0 Å². The zero-order valence-corrected chi connectivity index (χ0v) is 12.8.